The molecule has 1 aromatic heterocycles. The minimum Gasteiger partial charge on any atom is -0.271 e. The molecule has 0 fully saturated rings. The minimum atomic E-state index is 0.141. The molecule has 0 amide bonds. The predicted molar refractivity (Wildman–Crippen MR) is 85.9 cm³/mol. The highest BCUT2D eigenvalue weighted by molar-refractivity contribution is 5.37. The Morgan fingerprint density at radius 1 is 1.24 bits per heavy atom. The van der Waals surface area contributed by atoms with E-state index in [9.17, 15) is 0 Å². The van der Waals surface area contributed by atoms with E-state index in [4.69, 9.17) is 5.84 Å². The lowest BCUT2D eigenvalue weighted by molar-refractivity contribution is 0.547. The van der Waals surface area contributed by atoms with Gasteiger partial charge in [-0.25, -0.2) is 0 Å². The van der Waals surface area contributed by atoms with Gasteiger partial charge in [0.2, 0.25) is 0 Å². The highest BCUT2D eigenvalue weighted by Gasteiger charge is 2.16. The van der Waals surface area contributed by atoms with Crippen molar-refractivity contribution in [3.8, 4) is 0 Å². The van der Waals surface area contributed by atoms with Gasteiger partial charge in [0, 0.05) is 12.4 Å². The summed E-state index contributed by atoms with van der Waals surface area (Å²) in [5.41, 5.74) is 9.91. The number of nitrogens with one attached hydrogen (secondary N) is 1. The maximum absolute atomic E-state index is 5.82. The normalized spacial score (nSPS) is 15.0. The molecule has 1 heterocycles. The lowest BCUT2D eigenvalue weighted by Crippen LogP contribution is -2.30. The van der Waals surface area contributed by atoms with Gasteiger partial charge >= 0.3 is 0 Å². The molecule has 0 aliphatic heterocycles. The lowest BCUT2D eigenvalue weighted by Gasteiger charge is -2.19. The summed E-state index contributed by atoms with van der Waals surface area (Å²) in [6, 6.07) is 9.12. The van der Waals surface area contributed by atoms with Crippen LogP contribution >= 0.6 is 0 Å². The monoisotopic (exact) mass is 281 g/mol. The smallest absolute Gasteiger partial charge is 0.0504 e. The van der Waals surface area contributed by atoms with Crippen LogP contribution in [0.25, 0.3) is 0 Å². The van der Waals surface area contributed by atoms with Crippen molar-refractivity contribution in [2.75, 3.05) is 0 Å². The van der Waals surface area contributed by atoms with Crippen LogP contribution in [0.15, 0.2) is 36.7 Å². The molecule has 110 valence electrons. The molecule has 1 atom stereocenters. The van der Waals surface area contributed by atoms with Crippen LogP contribution in [0, 0.1) is 0 Å². The first kappa shape index (κ1) is 14.2. The van der Waals surface area contributed by atoms with E-state index in [1.54, 1.807) is 0 Å². The van der Waals surface area contributed by atoms with Crippen molar-refractivity contribution in [3.05, 3.63) is 64.5 Å². The SMILES string of the molecule is CCc1cnccc1C(Cc1ccc2c(c1)CCC2)NN. The first-order valence-corrected chi connectivity index (χ1v) is 7.81. The number of nitrogens with zero attached hydrogens (tertiary/aromatic N) is 1. The van der Waals surface area contributed by atoms with Gasteiger partial charge in [0.25, 0.3) is 0 Å². The van der Waals surface area contributed by atoms with Crippen LogP contribution < -0.4 is 11.3 Å². The molecule has 1 unspecified atom stereocenters. The number of benzene rings is 1. The van der Waals surface area contributed by atoms with Crippen molar-refractivity contribution < 1.29 is 0 Å². The first-order chi connectivity index (χ1) is 10.3. The van der Waals surface area contributed by atoms with Gasteiger partial charge in [0.15, 0.2) is 0 Å². The van der Waals surface area contributed by atoms with Crippen LogP contribution in [0.2, 0.25) is 0 Å². The number of pyridine rings is 1. The Morgan fingerprint density at radius 2 is 2.10 bits per heavy atom. The van der Waals surface area contributed by atoms with Crippen LogP contribution in [0.4, 0.5) is 0 Å². The average Bonchev–Trinajstić information content (AvgIpc) is 3.00. The summed E-state index contributed by atoms with van der Waals surface area (Å²) in [7, 11) is 0. The Balaban J connectivity index is 1.84. The second-order valence-electron chi connectivity index (χ2n) is 5.81. The zero-order chi connectivity index (χ0) is 14.7. The lowest BCUT2D eigenvalue weighted by atomic mass is 9.94. The highest BCUT2D eigenvalue weighted by atomic mass is 15.2. The molecule has 3 N–H and O–H groups in total. The molecule has 3 rings (SSSR count). The summed E-state index contributed by atoms with van der Waals surface area (Å²) in [5, 5.41) is 0. The van der Waals surface area contributed by atoms with Gasteiger partial charge in [0.05, 0.1) is 6.04 Å². The standard InChI is InChI=1S/C18H23N3/c1-2-14-12-20-9-8-17(14)18(21-19)11-13-6-7-15-4-3-5-16(15)10-13/h6-10,12,18,21H,2-5,11,19H2,1H3. The van der Waals surface area contributed by atoms with E-state index in [1.165, 1.54) is 47.1 Å². The van der Waals surface area contributed by atoms with Gasteiger partial charge in [-0.1, -0.05) is 25.1 Å². The fraction of sp³-hybridized carbons (Fsp3) is 0.389. The van der Waals surface area contributed by atoms with E-state index < -0.39 is 0 Å². The molecule has 0 bridgehead atoms. The summed E-state index contributed by atoms with van der Waals surface area (Å²) in [6.45, 7) is 2.16. The van der Waals surface area contributed by atoms with Crippen molar-refractivity contribution in [1.82, 2.24) is 10.4 Å². The number of hydrogen-bond donors (Lipinski definition) is 2. The first-order valence-electron chi connectivity index (χ1n) is 7.81. The van der Waals surface area contributed by atoms with Crippen LogP contribution in [0.1, 0.15) is 47.2 Å². The highest BCUT2D eigenvalue weighted by Crippen LogP contribution is 2.26. The van der Waals surface area contributed by atoms with Gasteiger partial charge in [0.1, 0.15) is 0 Å². The molecule has 3 heteroatoms. The average molecular weight is 281 g/mol. The van der Waals surface area contributed by atoms with E-state index in [1.807, 2.05) is 12.4 Å². The van der Waals surface area contributed by atoms with Crippen molar-refractivity contribution in [3.63, 3.8) is 0 Å². The number of rotatable bonds is 5. The Morgan fingerprint density at radius 3 is 2.90 bits per heavy atom. The minimum absolute atomic E-state index is 0.141. The van der Waals surface area contributed by atoms with Gasteiger partial charge in [-0.3, -0.25) is 16.3 Å². The van der Waals surface area contributed by atoms with Gasteiger partial charge < -0.3 is 0 Å². The fourth-order valence-electron chi connectivity index (χ4n) is 3.32. The Labute approximate surface area is 126 Å². The summed E-state index contributed by atoms with van der Waals surface area (Å²) in [6.07, 6.45) is 9.44. The van der Waals surface area contributed by atoms with Crippen LogP contribution in [-0.2, 0) is 25.7 Å². The third-order valence-electron chi connectivity index (χ3n) is 4.50. The molecule has 0 saturated carbocycles. The summed E-state index contributed by atoms with van der Waals surface area (Å²) in [5.74, 6) is 5.82. The molecule has 0 saturated heterocycles. The van der Waals surface area contributed by atoms with Crippen molar-refractivity contribution >= 4 is 0 Å². The van der Waals surface area contributed by atoms with E-state index in [0.717, 1.165) is 12.8 Å². The molecule has 0 spiro atoms. The fourth-order valence-corrected chi connectivity index (χ4v) is 3.32. The summed E-state index contributed by atoms with van der Waals surface area (Å²) >= 11 is 0. The van der Waals surface area contributed by atoms with E-state index in [0.29, 0.717) is 0 Å². The molecule has 1 aromatic carbocycles. The van der Waals surface area contributed by atoms with Crippen molar-refractivity contribution in [1.29, 1.82) is 0 Å². The topological polar surface area (TPSA) is 50.9 Å². The van der Waals surface area contributed by atoms with Crippen LogP contribution in [-0.4, -0.2) is 4.98 Å². The number of aryl methyl sites for hydroxylation is 3. The maximum Gasteiger partial charge on any atom is 0.0504 e. The van der Waals surface area contributed by atoms with Crippen molar-refractivity contribution in [2.24, 2.45) is 5.84 Å². The van der Waals surface area contributed by atoms with Gasteiger partial charge in [-0.2, -0.15) is 0 Å². The predicted octanol–water partition coefficient (Wildman–Crippen LogP) is 2.88. The zero-order valence-electron chi connectivity index (χ0n) is 12.6. The molecule has 21 heavy (non-hydrogen) atoms. The second kappa shape index (κ2) is 6.37. The number of nitrogens with two attached hydrogens (primary N) is 1. The number of fused-ring (bicyclic) bond motifs is 1. The molecule has 1 aliphatic carbocycles. The van der Waals surface area contributed by atoms with E-state index in [-0.39, 0.29) is 6.04 Å². The molecular formula is C18H23N3. The van der Waals surface area contributed by atoms with Crippen LogP contribution in [0.3, 0.4) is 0 Å². The number of hydrogen-bond acceptors (Lipinski definition) is 3. The largest absolute Gasteiger partial charge is 0.271 e. The number of aromatic nitrogens is 1. The molecular weight excluding hydrogens is 258 g/mol. The van der Waals surface area contributed by atoms with E-state index >= 15 is 0 Å². The molecule has 3 nitrogen and oxygen atoms in total. The van der Waals surface area contributed by atoms with Crippen molar-refractivity contribution in [2.45, 2.75) is 45.1 Å². The Hall–Kier alpha value is -1.71. The third-order valence-corrected chi connectivity index (χ3v) is 4.50. The van der Waals surface area contributed by atoms with Crippen LogP contribution in [0.5, 0.6) is 0 Å². The quantitative estimate of drug-likeness (QED) is 0.654. The maximum atomic E-state index is 5.82. The molecule has 2 aromatic rings. The summed E-state index contributed by atoms with van der Waals surface area (Å²) < 4.78 is 0. The zero-order valence-corrected chi connectivity index (χ0v) is 12.6. The summed E-state index contributed by atoms with van der Waals surface area (Å²) in [4.78, 5) is 4.22. The van der Waals surface area contributed by atoms with Gasteiger partial charge in [-0.15, -0.1) is 0 Å². The number of hydrazine groups is 1. The van der Waals surface area contributed by atoms with Gasteiger partial charge in [-0.05, 0) is 66.0 Å². The molecule has 1 aliphatic rings. The molecule has 0 radical (unpaired) electrons. The Kier molecular flexibility index (Phi) is 4.32. The second-order valence-corrected chi connectivity index (χ2v) is 5.81. The Bertz CT molecular complexity index is 622. The third kappa shape index (κ3) is 2.99. The van der Waals surface area contributed by atoms with E-state index in [2.05, 4.69) is 41.6 Å².